The van der Waals surface area contributed by atoms with Gasteiger partial charge in [0.15, 0.2) is 0 Å². The first-order valence-corrected chi connectivity index (χ1v) is 8.26. The average Bonchev–Trinajstić information content (AvgIpc) is 3.09. The fraction of sp³-hybridized carbons (Fsp3) is 0.286. The van der Waals surface area contributed by atoms with E-state index in [4.69, 9.17) is 4.74 Å². The Labute approximate surface area is 149 Å². The Morgan fingerprint density at radius 2 is 1.96 bits per heavy atom. The molecular formula is C14H14BrN3O5S. The number of hydrogen-bond donors (Lipinski definition) is 1. The third kappa shape index (κ3) is 3.82. The van der Waals surface area contributed by atoms with Crippen LogP contribution in [0.15, 0.2) is 16.9 Å². The molecule has 24 heavy (non-hydrogen) atoms. The van der Waals surface area contributed by atoms with Crippen LogP contribution in [0.1, 0.15) is 25.6 Å². The number of anilines is 1. The summed E-state index contributed by atoms with van der Waals surface area (Å²) in [5, 5.41) is 6.83. The minimum atomic E-state index is -0.643. The predicted molar refractivity (Wildman–Crippen MR) is 90.3 cm³/mol. The molecule has 8 nitrogen and oxygen atoms in total. The van der Waals surface area contributed by atoms with E-state index in [1.807, 2.05) is 0 Å². The maximum absolute atomic E-state index is 12.2. The largest absolute Gasteiger partial charge is 0.465 e. The summed E-state index contributed by atoms with van der Waals surface area (Å²) in [6.07, 6.45) is 3.19. The van der Waals surface area contributed by atoms with Crippen LogP contribution in [-0.4, -0.2) is 41.8 Å². The van der Waals surface area contributed by atoms with Crippen molar-refractivity contribution in [1.29, 1.82) is 0 Å². The van der Waals surface area contributed by atoms with Crippen molar-refractivity contribution in [2.75, 3.05) is 19.5 Å². The summed E-state index contributed by atoms with van der Waals surface area (Å²) in [6, 6.07) is 0. The monoisotopic (exact) mass is 415 g/mol. The van der Waals surface area contributed by atoms with Crippen molar-refractivity contribution >= 4 is 50.1 Å². The summed E-state index contributed by atoms with van der Waals surface area (Å²) in [6.45, 7) is 1.55. The van der Waals surface area contributed by atoms with E-state index in [0.717, 1.165) is 15.8 Å². The quantitative estimate of drug-likeness (QED) is 0.751. The molecule has 2 aromatic rings. The number of hydrogen-bond acceptors (Lipinski definition) is 7. The van der Waals surface area contributed by atoms with Crippen LogP contribution in [-0.2, 0) is 20.8 Å². The smallest absolute Gasteiger partial charge is 0.348 e. The highest BCUT2D eigenvalue weighted by atomic mass is 79.9. The van der Waals surface area contributed by atoms with Crippen LogP contribution in [0.25, 0.3) is 0 Å². The molecule has 0 aliphatic heterocycles. The predicted octanol–water partition coefficient (Wildman–Crippen LogP) is 2.23. The lowest BCUT2D eigenvalue weighted by atomic mass is 10.1. The van der Waals surface area contributed by atoms with Gasteiger partial charge in [-0.2, -0.15) is 5.10 Å². The van der Waals surface area contributed by atoms with Crippen molar-refractivity contribution < 1.29 is 23.9 Å². The normalized spacial score (nSPS) is 10.3. The van der Waals surface area contributed by atoms with Gasteiger partial charge < -0.3 is 14.8 Å². The molecule has 2 aromatic heterocycles. The fourth-order valence-corrected chi connectivity index (χ4v) is 3.43. The molecule has 0 fully saturated rings. The van der Waals surface area contributed by atoms with E-state index in [-0.39, 0.29) is 22.0 Å². The summed E-state index contributed by atoms with van der Waals surface area (Å²) in [7, 11) is 2.47. The first-order chi connectivity index (χ1) is 11.4. The molecule has 10 heteroatoms. The summed E-state index contributed by atoms with van der Waals surface area (Å²) >= 11 is 4.20. The van der Waals surface area contributed by atoms with Crippen molar-refractivity contribution in [3.8, 4) is 0 Å². The van der Waals surface area contributed by atoms with Crippen LogP contribution in [0.2, 0.25) is 0 Å². The summed E-state index contributed by atoms with van der Waals surface area (Å²) in [5.74, 6) is -1.62. The highest BCUT2D eigenvalue weighted by molar-refractivity contribution is 9.10. The molecular weight excluding hydrogens is 402 g/mol. The van der Waals surface area contributed by atoms with Gasteiger partial charge in [0.1, 0.15) is 16.4 Å². The number of nitrogens with one attached hydrogen (secondary N) is 1. The molecule has 0 radical (unpaired) electrons. The summed E-state index contributed by atoms with van der Waals surface area (Å²) < 4.78 is 11.6. The van der Waals surface area contributed by atoms with Gasteiger partial charge in [-0.1, -0.05) is 0 Å². The number of esters is 2. The first-order valence-electron chi connectivity index (χ1n) is 6.65. The second-order valence-electron chi connectivity index (χ2n) is 4.65. The average molecular weight is 416 g/mol. The summed E-state index contributed by atoms with van der Waals surface area (Å²) in [4.78, 5) is 36.2. The van der Waals surface area contributed by atoms with E-state index >= 15 is 0 Å². The molecule has 0 atom stereocenters. The van der Waals surface area contributed by atoms with Crippen molar-refractivity contribution in [2.45, 2.75) is 13.5 Å². The Balaban J connectivity index is 2.29. The molecule has 0 unspecified atom stereocenters. The number of rotatable bonds is 5. The van der Waals surface area contributed by atoms with E-state index in [1.54, 1.807) is 19.3 Å². The van der Waals surface area contributed by atoms with E-state index < -0.39 is 17.8 Å². The standard InChI is InChI=1S/C14H14BrN3O5S/c1-7-10(13(20)22-2)12(24-11(7)14(21)23-3)17-9(19)6-18-5-8(15)4-16-18/h4-5H,6H2,1-3H3,(H,17,19). The van der Waals surface area contributed by atoms with Crippen LogP contribution in [0.5, 0.6) is 0 Å². The first kappa shape index (κ1) is 18.1. The van der Waals surface area contributed by atoms with Gasteiger partial charge in [0.25, 0.3) is 0 Å². The van der Waals surface area contributed by atoms with Crippen LogP contribution < -0.4 is 5.32 Å². The molecule has 0 saturated heterocycles. The highest BCUT2D eigenvalue weighted by Gasteiger charge is 2.26. The molecule has 128 valence electrons. The molecule has 1 N–H and O–H groups in total. The molecule has 2 rings (SSSR count). The van der Waals surface area contributed by atoms with Gasteiger partial charge in [-0.05, 0) is 28.4 Å². The molecule has 0 aliphatic rings. The number of aromatic nitrogens is 2. The second kappa shape index (κ2) is 7.58. The minimum absolute atomic E-state index is 0.0449. The molecule has 0 aliphatic carbocycles. The Morgan fingerprint density at radius 1 is 1.29 bits per heavy atom. The van der Waals surface area contributed by atoms with E-state index in [1.165, 1.54) is 18.9 Å². The highest BCUT2D eigenvalue weighted by Crippen LogP contribution is 2.34. The van der Waals surface area contributed by atoms with Crippen molar-refractivity contribution in [2.24, 2.45) is 0 Å². The number of amides is 1. The molecule has 0 spiro atoms. The zero-order chi connectivity index (χ0) is 17.9. The number of carbonyl (C=O) groups excluding carboxylic acids is 3. The van der Waals surface area contributed by atoms with Crippen molar-refractivity contribution in [3.05, 3.63) is 32.9 Å². The lowest BCUT2D eigenvalue weighted by Gasteiger charge is -2.06. The van der Waals surface area contributed by atoms with Crippen LogP contribution in [0.3, 0.4) is 0 Å². The minimum Gasteiger partial charge on any atom is -0.465 e. The number of ether oxygens (including phenoxy) is 2. The number of thiophene rings is 1. The number of halogens is 1. The van der Waals surface area contributed by atoms with Crippen molar-refractivity contribution in [1.82, 2.24) is 9.78 Å². The van der Waals surface area contributed by atoms with Gasteiger partial charge in [0.05, 0.1) is 30.5 Å². The fourth-order valence-electron chi connectivity index (χ4n) is 1.97. The zero-order valence-electron chi connectivity index (χ0n) is 13.1. The molecule has 0 saturated carbocycles. The van der Waals surface area contributed by atoms with Gasteiger partial charge in [-0.15, -0.1) is 11.3 Å². The van der Waals surface area contributed by atoms with Crippen LogP contribution >= 0.6 is 27.3 Å². The van der Waals surface area contributed by atoms with Gasteiger partial charge in [0.2, 0.25) is 5.91 Å². The van der Waals surface area contributed by atoms with Crippen LogP contribution in [0, 0.1) is 6.92 Å². The SMILES string of the molecule is COC(=O)c1sc(NC(=O)Cn2cc(Br)cn2)c(C(=O)OC)c1C. The lowest BCUT2D eigenvalue weighted by molar-refractivity contribution is -0.116. The van der Waals surface area contributed by atoms with Gasteiger partial charge in [-0.3, -0.25) is 9.48 Å². The Morgan fingerprint density at radius 3 is 2.50 bits per heavy atom. The van der Waals surface area contributed by atoms with Gasteiger partial charge in [0, 0.05) is 6.20 Å². The Bertz CT molecular complexity index is 798. The Kier molecular flexibility index (Phi) is 5.73. The van der Waals surface area contributed by atoms with Gasteiger partial charge >= 0.3 is 11.9 Å². The van der Waals surface area contributed by atoms with E-state index in [2.05, 4.69) is 31.1 Å². The van der Waals surface area contributed by atoms with Crippen molar-refractivity contribution in [3.63, 3.8) is 0 Å². The lowest BCUT2D eigenvalue weighted by Crippen LogP contribution is -2.20. The molecule has 1 amide bonds. The summed E-state index contributed by atoms with van der Waals surface area (Å²) in [5.41, 5.74) is 0.536. The van der Waals surface area contributed by atoms with Gasteiger partial charge in [-0.25, -0.2) is 9.59 Å². The topological polar surface area (TPSA) is 99.5 Å². The molecule has 0 bridgehead atoms. The van der Waals surface area contributed by atoms with E-state index in [0.29, 0.717) is 5.56 Å². The number of nitrogens with zero attached hydrogens (tertiary/aromatic N) is 2. The van der Waals surface area contributed by atoms with Crippen LogP contribution in [0.4, 0.5) is 5.00 Å². The second-order valence-corrected chi connectivity index (χ2v) is 6.58. The maximum atomic E-state index is 12.2. The van der Waals surface area contributed by atoms with E-state index in [9.17, 15) is 14.4 Å². The third-order valence-electron chi connectivity index (χ3n) is 3.07. The zero-order valence-corrected chi connectivity index (χ0v) is 15.5. The molecule has 2 heterocycles. The Hall–Kier alpha value is -2.20. The number of methoxy groups -OCH3 is 2. The maximum Gasteiger partial charge on any atom is 0.348 e. The molecule has 0 aromatic carbocycles. The number of carbonyl (C=O) groups is 3. The third-order valence-corrected chi connectivity index (χ3v) is 4.66.